The minimum absolute atomic E-state index is 0.0641. The highest BCUT2D eigenvalue weighted by Crippen LogP contribution is 2.30. The van der Waals surface area contributed by atoms with Crippen LogP contribution in [0.4, 0.5) is 5.69 Å². The van der Waals surface area contributed by atoms with Crippen LogP contribution in [0.3, 0.4) is 0 Å². The number of amides is 1. The van der Waals surface area contributed by atoms with Crippen molar-refractivity contribution >= 4 is 51.6 Å². The van der Waals surface area contributed by atoms with Gasteiger partial charge in [-0.1, -0.05) is 23.7 Å². The van der Waals surface area contributed by atoms with Crippen molar-refractivity contribution < 1.29 is 13.9 Å². The second kappa shape index (κ2) is 9.38. The minimum Gasteiger partial charge on any atom is -0.491 e. The molecule has 4 aromatic rings. The number of fused-ring (bicyclic) bond motifs is 1. The summed E-state index contributed by atoms with van der Waals surface area (Å²) >= 11 is 11.5. The average molecular weight is 466 g/mol. The van der Waals surface area contributed by atoms with Gasteiger partial charge in [0.1, 0.15) is 11.3 Å². The number of hydrogen-bond donors (Lipinski definition) is 2. The zero-order chi connectivity index (χ0) is 22.7. The predicted molar refractivity (Wildman–Crippen MR) is 130 cm³/mol. The Balaban J connectivity index is 1.43. The fourth-order valence-corrected chi connectivity index (χ4v) is 3.48. The van der Waals surface area contributed by atoms with Gasteiger partial charge in [0.25, 0.3) is 5.91 Å². The monoisotopic (exact) mass is 465 g/mol. The lowest BCUT2D eigenvalue weighted by Gasteiger charge is -2.11. The maximum Gasteiger partial charge on any atom is 0.257 e. The topological polar surface area (TPSA) is 76.4 Å². The Kier molecular flexibility index (Phi) is 6.39. The molecule has 162 valence electrons. The quantitative estimate of drug-likeness (QED) is 0.349. The van der Waals surface area contributed by atoms with Crippen LogP contribution in [0.1, 0.15) is 24.2 Å². The summed E-state index contributed by atoms with van der Waals surface area (Å²) in [5.74, 6) is 0.819. The summed E-state index contributed by atoms with van der Waals surface area (Å²) in [6.07, 6.45) is 0.0641. The van der Waals surface area contributed by atoms with Crippen LogP contribution in [0, 0.1) is 0 Å². The molecule has 0 unspecified atom stereocenters. The zero-order valence-corrected chi connectivity index (χ0v) is 19.0. The summed E-state index contributed by atoms with van der Waals surface area (Å²) < 4.78 is 11.4. The molecule has 0 fully saturated rings. The number of oxazole rings is 1. The molecule has 0 bridgehead atoms. The summed E-state index contributed by atoms with van der Waals surface area (Å²) in [6, 6.07) is 19.6. The van der Waals surface area contributed by atoms with Gasteiger partial charge in [0.15, 0.2) is 10.7 Å². The number of carbonyl (C=O) groups is 1. The molecule has 0 spiro atoms. The first-order valence-electron chi connectivity index (χ1n) is 9.93. The lowest BCUT2D eigenvalue weighted by molar-refractivity contribution is 0.0977. The number of nitrogens with one attached hydrogen (secondary N) is 2. The van der Waals surface area contributed by atoms with Crippen LogP contribution in [-0.4, -0.2) is 22.1 Å². The largest absolute Gasteiger partial charge is 0.491 e. The van der Waals surface area contributed by atoms with E-state index < -0.39 is 0 Å². The number of carbonyl (C=O) groups excluding carboxylic acids is 1. The highest BCUT2D eigenvalue weighted by Gasteiger charge is 2.13. The van der Waals surface area contributed by atoms with Crippen LogP contribution in [0.15, 0.2) is 71.1 Å². The van der Waals surface area contributed by atoms with Gasteiger partial charge in [-0.25, -0.2) is 4.98 Å². The van der Waals surface area contributed by atoms with Crippen LogP contribution in [0.2, 0.25) is 5.02 Å². The molecule has 1 aromatic heterocycles. The van der Waals surface area contributed by atoms with Crippen LogP contribution in [0.25, 0.3) is 22.6 Å². The molecule has 6 nitrogen and oxygen atoms in total. The standard InChI is InChI=1S/C24H20ClN3O3S/c1-14(2)30-17-10-7-15(8-11-17)22(29)28-24(32)26-16-9-12-21-20(13-16)27-23(31-21)18-5-3-4-6-19(18)25/h3-14H,1-2H3,(H2,26,28,29,32). The van der Waals surface area contributed by atoms with Crippen LogP contribution >= 0.6 is 23.8 Å². The fourth-order valence-electron chi connectivity index (χ4n) is 3.05. The molecule has 32 heavy (non-hydrogen) atoms. The molecule has 0 radical (unpaired) electrons. The van der Waals surface area contributed by atoms with E-state index in [2.05, 4.69) is 15.6 Å². The van der Waals surface area contributed by atoms with Crippen molar-refractivity contribution in [2.45, 2.75) is 20.0 Å². The summed E-state index contributed by atoms with van der Waals surface area (Å²) in [5, 5.41) is 6.40. The van der Waals surface area contributed by atoms with Gasteiger partial charge in [0.2, 0.25) is 5.89 Å². The first kappa shape index (κ1) is 21.8. The van der Waals surface area contributed by atoms with E-state index in [4.69, 9.17) is 33.0 Å². The van der Waals surface area contributed by atoms with Crippen LogP contribution in [-0.2, 0) is 0 Å². The van der Waals surface area contributed by atoms with Crippen molar-refractivity contribution in [1.82, 2.24) is 10.3 Å². The van der Waals surface area contributed by atoms with E-state index in [1.165, 1.54) is 0 Å². The van der Waals surface area contributed by atoms with E-state index in [9.17, 15) is 4.79 Å². The molecule has 1 amide bonds. The van der Waals surface area contributed by atoms with Crippen LogP contribution < -0.4 is 15.4 Å². The number of anilines is 1. The van der Waals surface area contributed by atoms with E-state index in [-0.39, 0.29) is 17.1 Å². The average Bonchev–Trinajstić information content (AvgIpc) is 3.17. The smallest absolute Gasteiger partial charge is 0.257 e. The SMILES string of the molecule is CC(C)Oc1ccc(C(=O)NC(=S)Nc2ccc3oc(-c4ccccc4Cl)nc3c2)cc1. The Morgan fingerprint density at radius 3 is 2.56 bits per heavy atom. The number of rotatable bonds is 5. The number of aromatic nitrogens is 1. The summed E-state index contributed by atoms with van der Waals surface area (Å²) in [7, 11) is 0. The highest BCUT2D eigenvalue weighted by molar-refractivity contribution is 7.80. The van der Waals surface area contributed by atoms with E-state index >= 15 is 0 Å². The number of hydrogen-bond acceptors (Lipinski definition) is 5. The third kappa shape index (κ3) is 5.07. The van der Waals surface area contributed by atoms with Gasteiger partial charge in [-0.15, -0.1) is 0 Å². The Labute approximate surface area is 195 Å². The van der Waals surface area contributed by atoms with Gasteiger partial charge in [-0.2, -0.15) is 0 Å². The highest BCUT2D eigenvalue weighted by atomic mass is 35.5. The summed E-state index contributed by atoms with van der Waals surface area (Å²) in [6.45, 7) is 3.89. The molecule has 2 N–H and O–H groups in total. The number of thiocarbonyl (C=S) groups is 1. The molecule has 0 saturated heterocycles. The van der Waals surface area contributed by atoms with E-state index in [1.807, 2.05) is 32.0 Å². The van der Waals surface area contributed by atoms with Crippen molar-refractivity contribution in [3.63, 3.8) is 0 Å². The van der Waals surface area contributed by atoms with Gasteiger partial charge in [0.05, 0.1) is 16.7 Å². The first-order chi connectivity index (χ1) is 15.4. The van der Waals surface area contributed by atoms with E-state index in [0.717, 1.165) is 0 Å². The Morgan fingerprint density at radius 2 is 1.84 bits per heavy atom. The van der Waals surface area contributed by atoms with Crippen molar-refractivity contribution in [2.75, 3.05) is 5.32 Å². The molecule has 8 heteroatoms. The van der Waals surface area contributed by atoms with Gasteiger partial charge in [-0.3, -0.25) is 10.1 Å². The van der Waals surface area contributed by atoms with E-state index in [1.54, 1.807) is 48.5 Å². The molecular weight excluding hydrogens is 446 g/mol. The first-order valence-corrected chi connectivity index (χ1v) is 10.7. The Bertz CT molecular complexity index is 1290. The second-order valence-corrected chi connectivity index (χ2v) is 8.10. The molecule has 0 aliphatic carbocycles. The van der Waals surface area contributed by atoms with Crippen molar-refractivity contribution in [1.29, 1.82) is 0 Å². The zero-order valence-electron chi connectivity index (χ0n) is 17.4. The number of ether oxygens (including phenoxy) is 1. The van der Waals surface area contributed by atoms with Crippen molar-refractivity contribution in [3.05, 3.63) is 77.3 Å². The van der Waals surface area contributed by atoms with Crippen molar-refractivity contribution in [3.8, 4) is 17.2 Å². The Hall–Kier alpha value is -3.42. The lowest BCUT2D eigenvalue weighted by atomic mass is 10.2. The van der Waals surface area contributed by atoms with Gasteiger partial charge in [0, 0.05) is 11.3 Å². The van der Waals surface area contributed by atoms with Gasteiger partial charge in [-0.05, 0) is 80.7 Å². The number of benzene rings is 3. The Morgan fingerprint density at radius 1 is 1.09 bits per heavy atom. The maximum atomic E-state index is 12.5. The van der Waals surface area contributed by atoms with E-state index in [0.29, 0.717) is 44.6 Å². The number of nitrogens with zero attached hydrogens (tertiary/aromatic N) is 1. The minimum atomic E-state index is -0.317. The molecule has 3 aromatic carbocycles. The van der Waals surface area contributed by atoms with Crippen LogP contribution in [0.5, 0.6) is 5.75 Å². The summed E-state index contributed by atoms with van der Waals surface area (Å²) in [5.41, 5.74) is 3.11. The maximum absolute atomic E-state index is 12.5. The third-order valence-electron chi connectivity index (χ3n) is 4.47. The molecule has 1 heterocycles. The number of halogens is 1. The summed E-state index contributed by atoms with van der Waals surface area (Å²) in [4.78, 5) is 17.0. The molecule has 0 aliphatic heterocycles. The molecule has 0 saturated carbocycles. The third-order valence-corrected chi connectivity index (χ3v) is 5.00. The molecule has 0 atom stereocenters. The molecule has 0 aliphatic rings. The lowest BCUT2D eigenvalue weighted by Crippen LogP contribution is -2.34. The van der Waals surface area contributed by atoms with Gasteiger partial charge < -0.3 is 14.5 Å². The normalized spacial score (nSPS) is 10.9. The van der Waals surface area contributed by atoms with Gasteiger partial charge >= 0.3 is 0 Å². The fraction of sp³-hybridized carbons (Fsp3) is 0.125. The van der Waals surface area contributed by atoms with Crippen molar-refractivity contribution in [2.24, 2.45) is 0 Å². The molecular formula is C24H20ClN3O3S. The second-order valence-electron chi connectivity index (χ2n) is 7.28. The molecule has 4 rings (SSSR count). The predicted octanol–water partition coefficient (Wildman–Crippen LogP) is 6.06.